The van der Waals surface area contributed by atoms with E-state index in [0.717, 1.165) is 5.56 Å². The van der Waals surface area contributed by atoms with Crippen LogP contribution in [0, 0.1) is 0 Å². The fourth-order valence-corrected chi connectivity index (χ4v) is 2.29. The lowest BCUT2D eigenvalue weighted by Crippen LogP contribution is -2.28. The maximum Gasteiger partial charge on any atom is 0.417 e. The van der Waals surface area contributed by atoms with Crippen LogP contribution in [0.5, 0.6) is 5.75 Å². The molecule has 0 bridgehead atoms. The number of methoxy groups -OCH3 is 1. The summed E-state index contributed by atoms with van der Waals surface area (Å²) in [5, 5.41) is 0. The number of hydrogen-bond donors (Lipinski definition) is 1. The summed E-state index contributed by atoms with van der Waals surface area (Å²) in [6, 6.07) is 9.30. The minimum Gasteiger partial charge on any atom is -0.496 e. The number of hydrogen-bond acceptors (Lipinski definition) is 6. The fourth-order valence-electron chi connectivity index (χ4n) is 2.29. The van der Waals surface area contributed by atoms with Gasteiger partial charge < -0.3 is 15.2 Å². The Morgan fingerprint density at radius 2 is 2.23 bits per heavy atom. The van der Waals surface area contributed by atoms with E-state index in [0.29, 0.717) is 23.9 Å². The average Bonchev–Trinajstić information content (AvgIpc) is 2.96. The first-order chi connectivity index (χ1) is 10.7. The Bertz CT molecular complexity index is 692. The number of rotatable bonds is 4. The highest BCUT2D eigenvalue weighted by Crippen LogP contribution is 2.29. The molecule has 1 aromatic heterocycles. The summed E-state index contributed by atoms with van der Waals surface area (Å²) in [5.41, 5.74) is 7.04. The second-order valence-electron chi connectivity index (χ2n) is 4.79. The Balaban J connectivity index is 1.95. The number of para-hydroxylation sites is 1. The summed E-state index contributed by atoms with van der Waals surface area (Å²) in [6.45, 7) is 0.624. The van der Waals surface area contributed by atoms with Crippen molar-refractivity contribution in [2.24, 2.45) is 5.73 Å². The normalized spacial score (nSPS) is 17.5. The van der Waals surface area contributed by atoms with Crippen molar-refractivity contribution in [2.45, 2.75) is 6.10 Å². The SMILES string of the molecule is COc1ccccc1-c1ccnc(N2CC(CN)OC2=O)n1. The van der Waals surface area contributed by atoms with Crippen LogP contribution in [0.4, 0.5) is 10.7 Å². The van der Waals surface area contributed by atoms with E-state index in [1.165, 1.54) is 4.90 Å². The van der Waals surface area contributed by atoms with Crippen molar-refractivity contribution < 1.29 is 14.3 Å². The molecule has 1 amide bonds. The number of cyclic esters (lactones) is 1. The van der Waals surface area contributed by atoms with Crippen LogP contribution in [0.15, 0.2) is 36.5 Å². The van der Waals surface area contributed by atoms with E-state index in [1.54, 1.807) is 19.4 Å². The molecule has 0 spiro atoms. The van der Waals surface area contributed by atoms with Crippen LogP contribution in [0.1, 0.15) is 0 Å². The van der Waals surface area contributed by atoms with Gasteiger partial charge in [0.15, 0.2) is 0 Å². The zero-order valence-electron chi connectivity index (χ0n) is 12.1. The molecule has 1 fully saturated rings. The molecular formula is C15H16N4O3. The molecule has 1 aromatic carbocycles. The zero-order chi connectivity index (χ0) is 15.5. The summed E-state index contributed by atoms with van der Waals surface area (Å²) in [7, 11) is 1.60. The van der Waals surface area contributed by atoms with Crippen LogP contribution in [0.2, 0.25) is 0 Å². The molecule has 0 saturated carbocycles. The molecule has 2 N–H and O–H groups in total. The monoisotopic (exact) mass is 300 g/mol. The molecule has 2 aromatic rings. The Kier molecular flexibility index (Phi) is 3.88. The molecular weight excluding hydrogens is 284 g/mol. The van der Waals surface area contributed by atoms with Gasteiger partial charge in [-0.25, -0.2) is 19.7 Å². The fraction of sp³-hybridized carbons (Fsp3) is 0.267. The molecule has 1 saturated heterocycles. The molecule has 0 radical (unpaired) electrons. The average molecular weight is 300 g/mol. The minimum atomic E-state index is -0.479. The second kappa shape index (κ2) is 5.98. The third-order valence-electron chi connectivity index (χ3n) is 3.40. The number of nitrogens with zero attached hydrogens (tertiary/aromatic N) is 3. The van der Waals surface area contributed by atoms with Gasteiger partial charge in [-0.2, -0.15) is 0 Å². The van der Waals surface area contributed by atoms with Crippen molar-refractivity contribution in [2.75, 3.05) is 25.1 Å². The first kappa shape index (κ1) is 14.3. The lowest BCUT2D eigenvalue weighted by Gasteiger charge is -2.12. The summed E-state index contributed by atoms with van der Waals surface area (Å²) < 4.78 is 10.5. The highest BCUT2D eigenvalue weighted by Gasteiger charge is 2.33. The van der Waals surface area contributed by atoms with Gasteiger partial charge in [0.2, 0.25) is 5.95 Å². The van der Waals surface area contributed by atoms with Gasteiger partial charge in [0, 0.05) is 18.3 Å². The van der Waals surface area contributed by atoms with Crippen molar-refractivity contribution in [3.63, 3.8) is 0 Å². The summed E-state index contributed by atoms with van der Waals surface area (Å²) >= 11 is 0. The lowest BCUT2D eigenvalue weighted by atomic mass is 10.1. The van der Waals surface area contributed by atoms with Gasteiger partial charge in [-0.15, -0.1) is 0 Å². The van der Waals surface area contributed by atoms with Gasteiger partial charge in [-0.05, 0) is 18.2 Å². The van der Waals surface area contributed by atoms with Crippen LogP contribution < -0.4 is 15.4 Å². The van der Waals surface area contributed by atoms with Gasteiger partial charge >= 0.3 is 6.09 Å². The quantitative estimate of drug-likeness (QED) is 0.918. The van der Waals surface area contributed by atoms with Crippen molar-refractivity contribution in [3.05, 3.63) is 36.5 Å². The first-order valence-corrected chi connectivity index (χ1v) is 6.87. The molecule has 3 rings (SSSR count). The van der Waals surface area contributed by atoms with E-state index in [4.69, 9.17) is 15.2 Å². The maximum absolute atomic E-state index is 11.9. The van der Waals surface area contributed by atoms with E-state index >= 15 is 0 Å². The van der Waals surface area contributed by atoms with Crippen molar-refractivity contribution in [3.8, 4) is 17.0 Å². The molecule has 2 heterocycles. The number of carbonyl (C=O) groups excluding carboxylic acids is 1. The van der Waals surface area contributed by atoms with Crippen molar-refractivity contribution in [1.82, 2.24) is 9.97 Å². The third kappa shape index (κ3) is 2.58. The third-order valence-corrected chi connectivity index (χ3v) is 3.40. The Labute approximate surface area is 127 Å². The number of ether oxygens (including phenoxy) is 2. The number of carbonyl (C=O) groups is 1. The smallest absolute Gasteiger partial charge is 0.417 e. The second-order valence-corrected chi connectivity index (χ2v) is 4.79. The van der Waals surface area contributed by atoms with E-state index in [9.17, 15) is 4.79 Å². The molecule has 1 unspecified atom stereocenters. The van der Waals surface area contributed by atoms with Gasteiger partial charge in [0.1, 0.15) is 11.9 Å². The number of amides is 1. The number of nitrogens with two attached hydrogens (primary N) is 1. The largest absolute Gasteiger partial charge is 0.496 e. The van der Waals surface area contributed by atoms with Crippen LogP contribution in [0.3, 0.4) is 0 Å². The molecule has 0 aliphatic carbocycles. The van der Waals surface area contributed by atoms with Gasteiger partial charge in [0.05, 0.1) is 19.3 Å². The first-order valence-electron chi connectivity index (χ1n) is 6.87. The summed E-state index contributed by atoms with van der Waals surface area (Å²) in [5.74, 6) is 1.00. The molecule has 7 nitrogen and oxygen atoms in total. The molecule has 1 atom stereocenters. The lowest BCUT2D eigenvalue weighted by molar-refractivity contribution is 0.145. The number of anilines is 1. The minimum absolute atomic E-state index is 0.272. The zero-order valence-corrected chi connectivity index (χ0v) is 12.1. The predicted molar refractivity (Wildman–Crippen MR) is 80.7 cm³/mol. The Morgan fingerprint density at radius 1 is 1.41 bits per heavy atom. The van der Waals surface area contributed by atoms with E-state index in [1.807, 2.05) is 24.3 Å². The Morgan fingerprint density at radius 3 is 2.95 bits per heavy atom. The van der Waals surface area contributed by atoms with Crippen LogP contribution in [0.25, 0.3) is 11.3 Å². The molecule has 114 valence electrons. The highest BCUT2D eigenvalue weighted by molar-refractivity contribution is 5.88. The van der Waals surface area contributed by atoms with Gasteiger partial charge in [-0.1, -0.05) is 12.1 Å². The number of benzene rings is 1. The van der Waals surface area contributed by atoms with E-state index in [2.05, 4.69) is 9.97 Å². The molecule has 7 heteroatoms. The summed E-state index contributed by atoms with van der Waals surface area (Å²) in [6.07, 6.45) is 0.798. The Hall–Kier alpha value is -2.67. The van der Waals surface area contributed by atoms with Crippen molar-refractivity contribution in [1.29, 1.82) is 0 Å². The highest BCUT2D eigenvalue weighted by atomic mass is 16.6. The molecule has 22 heavy (non-hydrogen) atoms. The predicted octanol–water partition coefficient (Wildman–Crippen LogP) is 1.44. The van der Waals surface area contributed by atoms with Gasteiger partial charge in [-0.3, -0.25) is 0 Å². The van der Waals surface area contributed by atoms with Crippen LogP contribution >= 0.6 is 0 Å². The standard InChI is InChI=1S/C15H16N4O3/c1-21-13-5-3-2-4-11(13)12-6-7-17-14(18-12)19-9-10(8-16)22-15(19)20/h2-7,10H,8-9,16H2,1H3. The maximum atomic E-state index is 11.9. The van der Waals surface area contributed by atoms with E-state index in [-0.39, 0.29) is 12.6 Å². The summed E-state index contributed by atoms with van der Waals surface area (Å²) in [4.78, 5) is 21.8. The van der Waals surface area contributed by atoms with Crippen molar-refractivity contribution >= 4 is 12.0 Å². The molecule has 1 aliphatic rings. The number of aromatic nitrogens is 2. The van der Waals surface area contributed by atoms with Gasteiger partial charge in [0.25, 0.3) is 0 Å². The van der Waals surface area contributed by atoms with Crippen LogP contribution in [-0.2, 0) is 4.74 Å². The van der Waals surface area contributed by atoms with E-state index < -0.39 is 6.09 Å². The topological polar surface area (TPSA) is 90.6 Å². The van der Waals surface area contributed by atoms with Crippen LogP contribution in [-0.4, -0.2) is 42.4 Å². The molecule has 1 aliphatic heterocycles.